The Morgan fingerprint density at radius 1 is 1.18 bits per heavy atom. The summed E-state index contributed by atoms with van der Waals surface area (Å²) >= 11 is 1.77. The van der Waals surface area contributed by atoms with E-state index in [0.29, 0.717) is 18.4 Å². The van der Waals surface area contributed by atoms with Crippen LogP contribution < -0.4 is 5.32 Å². The highest BCUT2D eigenvalue weighted by atomic mass is 32.2. The van der Waals surface area contributed by atoms with Gasteiger partial charge < -0.3 is 10.2 Å². The molecule has 2 amide bonds. The van der Waals surface area contributed by atoms with Crippen LogP contribution in [0.15, 0.2) is 0 Å². The minimum Gasteiger partial charge on any atom is -0.354 e. The molecule has 0 bridgehead atoms. The second-order valence-corrected chi connectivity index (χ2v) is 8.64. The molecule has 1 saturated carbocycles. The molecule has 0 radical (unpaired) electrons. The summed E-state index contributed by atoms with van der Waals surface area (Å²) in [6, 6.07) is -0.269. The van der Waals surface area contributed by atoms with Gasteiger partial charge >= 0.3 is 0 Å². The Bertz CT molecular complexity index is 407. The lowest BCUT2D eigenvalue weighted by Crippen LogP contribution is -2.50. The Morgan fingerprint density at radius 3 is 2.41 bits per heavy atom. The van der Waals surface area contributed by atoms with Gasteiger partial charge in [0.05, 0.1) is 5.37 Å². The van der Waals surface area contributed by atoms with E-state index in [1.54, 1.807) is 11.8 Å². The first-order chi connectivity index (χ1) is 10.4. The van der Waals surface area contributed by atoms with Crippen molar-refractivity contribution in [1.29, 1.82) is 0 Å². The van der Waals surface area contributed by atoms with Gasteiger partial charge in [-0.2, -0.15) is 0 Å². The highest BCUT2D eigenvalue weighted by molar-refractivity contribution is 8.00. The van der Waals surface area contributed by atoms with Gasteiger partial charge in [0.15, 0.2) is 0 Å². The van der Waals surface area contributed by atoms with Gasteiger partial charge in [-0.3, -0.25) is 9.59 Å². The smallest absolute Gasteiger partial charge is 0.243 e. The van der Waals surface area contributed by atoms with Crippen LogP contribution in [0.3, 0.4) is 0 Å². The predicted octanol–water partition coefficient (Wildman–Crippen LogP) is 2.87. The van der Waals surface area contributed by atoms with E-state index in [1.807, 2.05) is 4.90 Å². The van der Waals surface area contributed by atoms with Crippen molar-refractivity contribution >= 4 is 23.6 Å². The molecule has 0 spiro atoms. The second-order valence-electron chi connectivity index (χ2n) is 7.43. The molecule has 22 heavy (non-hydrogen) atoms. The molecule has 126 valence electrons. The van der Waals surface area contributed by atoms with E-state index >= 15 is 0 Å². The fourth-order valence-electron chi connectivity index (χ4n) is 2.79. The molecule has 5 heteroatoms. The third kappa shape index (κ3) is 4.64. The summed E-state index contributed by atoms with van der Waals surface area (Å²) < 4.78 is 0. The van der Waals surface area contributed by atoms with Crippen molar-refractivity contribution in [3.63, 3.8) is 0 Å². The van der Waals surface area contributed by atoms with Crippen molar-refractivity contribution in [2.45, 2.75) is 64.8 Å². The van der Waals surface area contributed by atoms with Crippen LogP contribution in [0.4, 0.5) is 0 Å². The average Bonchev–Trinajstić information content (AvgIpc) is 3.18. The van der Waals surface area contributed by atoms with Crippen molar-refractivity contribution in [1.82, 2.24) is 10.2 Å². The lowest BCUT2D eigenvalue weighted by atomic mass is 10.1. The Morgan fingerprint density at radius 2 is 1.86 bits per heavy atom. The molecule has 1 aliphatic carbocycles. The minimum absolute atomic E-state index is 0.0356. The van der Waals surface area contributed by atoms with Crippen molar-refractivity contribution < 1.29 is 9.59 Å². The average molecular weight is 327 g/mol. The maximum absolute atomic E-state index is 12.6. The van der Waals surface area contributed by atoms with Gasteiger partial charge in [0.2, 0.25) is 11.8 Å². The van der Waals surface area contributed by atoms with Gasteiger partial charge in [-0.25, -0.2) is 0 Å². The zero-order valence-corrected chi connectivity index (χ0v) is 15.1. The third-order valence-corrected chi connectivity index (χ3v) is 5.58. The van der Waals surface area contributed by atoms with Crippen molar-refractivity contribution in [2.75, 3.05) is 12.3 Å². The predicted molar refractivity (Wildman–Crippen MR) is 91.5 cm³/mol. The maximum atomic E-state index is 12.6. The van der Waals surface area contributed by atoms with Gasteiger partial charge in [-0.05, 0) is 37.5 Å². The van der Waals surface area contributed by atoms with E-state index in [1.165, 1.54) is 0 Å². The number of thioether (sulfide) groups is 1. The number of nitrogens with one attached hydrogen (secondary N) is 1. The summed E-state index contributed by atoms with van der Waals surface area (Å²) in [4.78, 5) is 27.0. The zero-order valence-electron chi connectivity index (χ0n) is 14.3. The third-order valence-electron chi connectivity index (χ3n) is 4.27. The quantitative estimate of drug-likeness (QED) is 0.782. The maximum Gasteiger partial charge on any atom is 0.243 e. The Hall–Kier alpha value is -0.710. The Labute approximate surface area is 138 Å². The molecule has 4 nitrogen and oxygen atoms in total. The Balaban J connectivity index is 1.98. The highest BCUT2D eigenvalue weighted by Gasteiger charge is 2.45. The van der Waals surface area contributed by atoms with Crippen LogP contribution in [0.5, 0.6) is 0 Å². The first-order valence-electron chi connectivity index (χ1n) is 8.61. The molecular formula is C17H30N2O2S. The molecule has 0 aromatic rings. The van der Waals surface area contributed by atoms with E-state index < -0.39 is 0 Å². The first kappa shape index (κ1) is 17.6. The van der Waals surface area contributed by atoms with E-state index in [2.05, 4.69) is 33.0 Å². The summed E-state index contributed by atoms with van der Waals surface area (Å²) in [5.41, 5.74) is 0. The van der Waals surface area contributed by atoms with Crippen LogP contribution in [0, 0.1) is 17.8 Å². The number of carbonyl (C=O) groups excluding carboxylic acids is 2. The van der Waals surface area contributed by atoms with Crippen LogP contribution in [-0.2, 0) is 9.59 Å². The number of amides is 2. The fourth-order valence-corrected chi connectivity index (χ4v) is 4.44. The summed E-state index contributed by atoms with van der Waals surface area (Å²) in [5, 5.41) is 3.20. The standard InChI is InChI=1S/C17H30N2O2S/c1-11(2)7-8-18-16(20)14-10-22-15(9-12(3)4)19(14)17(21)13-5-6-13/h11-15H,5-10H2,1-4H3,(H,18,20). The molecule has 2 aliphatic rings. The topological polar surface area (TPSA) is 49.4 Å². The summed E-state index contributed by atoms with van der Waals surface area (Å²) in [5.74, 6) is 2.28. The van der Waals surface area contributed by atoms with E-state index in [-0.39, 0.29) is 29.1 Å². The largest absolute Gasteiger partial charge is 0.354 e. The lowest BCUT2D eigenvalue weighted by molar-refractivity contribution is -0.141. The van der Waals surface area contributed by atoms with Crippen LogP contribution in [0.2, 0.25) is 0 Å². The summed E-state index contributed by atoms with van der Waals surface area (Å²) in [7, 11) is 0. The second kappa shape index (κ2) is 7.71. The van der Waals surface area contributed by atoms with Crippen molar-refractivity contribution in [2.24, 2.45) is 17.8 Å². The summed E-state index contributed by atoms with van der Waals surface area (Å²) in [6.07, 6.45) is 3.95. The van der Waals surface area contributed by atoms with Gasteiger partial charge in [-0.1, -0.05) is 27.7 Å². The van der Waals surface area contributed by atoms with Crippen LogP contribution in [0.25, 0.3) is 0 Å². The SMILES string of the molecule is CC(C)CCNC(=O)C1CSC(CC(C)C)N1C(=O)C1CC1. The van der Waals surface area contributed by atoms with Crippen molar-refractivity contribution in [3.05, 3.63) is 0 Å². The number of nitrogens with zero attached hydrogens (tertiary/aromatic N) is 1. The molecule has 1 N–H and O–H groups in total. The van der Waals surface area contributed by atoms with E-state index in [0.717, 1.165) is 31.4 Å². The molecule has 1 aliphatic heterocycles. The van der Waals surface area contributed by atoms with Crippen molar-refractivity contribution in [3.8, 4) is 0 Å². The van der Waals surface area contributed by atoms with E-state index in [9.17, 15) is 9.59 Å². The molecular weight excluding hydrogens is 296 g/mol. The number of rotatable bonds is 7. The molecule has 2 fully saturated rings. The molecule has 2 atom stereocenters. The molecule has 1 saturated heterocycles. The molecule has 2 unspecified atom stereocenters. The highest BCUT2D eigenvalue weighted by Crippen LogP contribution is 2.39. The van der Waals surface area contributed by atoms with Gasteiger partial charge in [0, 0.05) is 18.2 Å². The minimum atomic E-state index is -0.269. The molecule has 1 heterocycles. The van der Waals surface area contributed by atoms with Crippen LogP contribution in [0.1, 0.15) is 53.4 Å². The molecule has 0 aromatic carbocycles. The monoisotopic (exact) mass is 326 g/mol. The number of hydrogen-bond donors (Lipinski definition) is 1. The van der Waals surface area contributed by atoms with E-state index in [4.69, 9.17) is 0 Å². The summed E-state index contributed by atoms with van der Waals surface area (Å²) in [6.45, 7) is 9.36. The number of hydrogen-bond acceptors (Lipinski definition) is 3. The first-order valence-corrected chi connectivity index (χ1v) is 9.66. The zero-order chi connectivity index (χ0) is 16.3. The van der Waals surface area contributed by atoms with Gasteiger partial charge in [0.1, 0.15) is 6.04 Å². The normalized spacial score (nSPS) is 25.1. The molecule has 2 rings (SSSR count). The Kier molecular flexibility index (Phi) is 6.18. The lowest BCUT2D eigenvalue weighted by Gasteiger charge is -2.30. The van der Waals surface area contributed by atoms with Gasteiger partial charge in [0.25, 0.3) is 0 Å². The number of carbonyl (C=O) groups is 2. The molecule has 0 aromatic heterocycles. The van der Waals surface area contributed by atoms with Crippen LogP contribution >= 0.6 is 11.8 Å². The fraction of sp³-hybridized carbons (Fsp3) is 0.882. The van der Waals surface area contributed by atoms with Gasteiger partial charge in [-0.15, -0.1) is 11.8 Å². The van der Waals surface area contributed by atoms with Crippen LogP contribution in [-0.4, -0.2) is 40.4 Å².